The van der Waals surface area contributed by atoms with Crippen LogP contribution < -0.4 is 16.6 Å². The van der Waals surface area contributed by atoms with Gasteiger partial charge >= 0.3 is 5.69 Å². The van der Waals surface area contributed by atoms with Crippen LogP contribution in [0, 0.1) is 6.92 Å². The SMILES string of the molecule is CCc1cnc2c(c1NC(=O)c1ccccc1C)c(=O)n(C)c(=O)n2C. The maximum Gasteiger partial charge on any atom is 0.332 e. The molecule has 0 unspecified atom stereocenters. The molecule has 0 saturated heterocycles. The van der Waals surface area contributed by atoms with Crippen molar-refractivity contribution in [3.8, 4) is 0 Å². The zero-order valence-electron chi connectivity index (χ0n) is 15.2. The molecule has 0 aliphatic carbocycles. The zero-order chi connectivity index (χ0) is 19.0. The van der Waals surface area contributed by atoms with E-state index in [2.05, 4.69) is 10.3 Å². The molecule has 134 valence electrons. The zero-order valence-corrected chi connectivity index (χ0v) is 15.2. The normalized spacial score (nSPS) is 10.9. The number of benzene rings is 1. The molecule has 7 heteroatoms. The fourth-order valence-electron chi connectivity index (χ4n) is 2.99. The molecule has 0 saturated carbocycles. The van der Waals surface area contributed by atoms with E-state index in [1.165, 1.54) is 11.6 Å². The van der Waals surface area contributed by atoms with Gasteiger partial charge in [0, 0.05) is 25.9 Å². The molecule has 1 aromatic carbocycles. The molecule has 0 fully saturated rings. The number of aryl methyl sites for hydroxylation is 3. The van der Waals surface area contributed by atoms with Gasteiger partial charge in [-0.1, -0.05) is 25.1 Å². The smallest absolute Gasteiger partial charge is 0.321 e. The number of pyridine rings is 1. The highest BCUT2D eigenvalue weighted by atomic mass is 16.2. The van der Waals surface area contributed by atoms with E-state index in [9.17, 15) is 14.4 Å². The average molecular weight is 352 g/mol. The van der Waals surface area contributed by atoms with Crippen LogP contribution in [-0.2, 0) is 20.5 Å². The fraction of sp³-hybridized carbons (Fsp3) is 0.263. The summed E-state index contributed by atoms with van der Waals surface area (Å²) in [5.41, 5.74) is 1.80. The molecule has 3 aromatic rings. The predicted octanol–water partition coefficient (Wildman–Crippen LogP) is 1.76. The van der Waals surface area contributed by atoms with Gasteiger partial charge in [0.1, 0.15) is 5.39 Å². The predicted molar refractivity (Wildman–Crippen MR) is 101 cm³/mol. The first kappa shape index (κ1) is 17.6. The van der Waals surface area contributed by atoms with Gasteiger partial charge in [0.05, 0.1) is 5.69 Å². The Kier molecular flexibility index (Phi) is 4.46. The van der Waals surface area contributed by atoms with E-state index in [-0.39, 0.29) is 16.9 Å². The number of rotatable bonds is 3. The van der Waals surface area contributed by atoms with Gasteiger partial charge in [-0.05, 0) is 30.5 Å². The molecule has 2 aromatic heterocycles. The number of carbonyl (C=O) groups excluding carboxylic acids is 1. The lowest BCUT2D eigenvalue weighted by Crippen LogP contribution is -2.38. The minimum absolute atomic E-state index is 0.232. The van der Waals surface area contributed by atoms with Crippen LogP contribution in [0.5, 0.6) is 0 Å². The summed E-state index contributed by atoms with van der Waals surface area (Å²) in [6.45, 7) is 3.77. The number of fused-ring (bicyclic) bond motifs is 1. The number of anilines is 1. The van der Waals surface area contributed by atoms with Crippen molar-refractivity contribution in [2.75, 3.05) is 5.32 Å². The van der Waals surface area contributed by atoms with E-state index in [1.54, 1.807) is 25.4 Å². The van der Waals surface area contributed by atoms with Gasteiger partial charge < -0.3 is 5.32 Å². The second-order valence-corrected chi connectivity index (χ2v) is 6.19. The molecule has 0 aliphatic rings. The van der Waals surface area contributed by atoms with E-state index in [1.807, 2.05) is 26.0 Å². The van der Waals surface area contributed by atoms with Gasteiger partial charge in [0.15, 0.2) is 5.65 Å². The number of hydrogen-bond acceptors (Lipinski definition) is 4. The Morgan fingerprint density at radius 3 is 2.50 bits per heavy atom. The van der Waals surface area contributed by atoms with Crippen LogP contribution in [0.15, 0.2) is 40.1 Å². The summed E-state index contributed by atoms with van der Waals surface area (Å²) in [5, 5.41) is 3.10. The van der Waals surface area contributed by atoms with Crippen molar-refractivity contribution in [3.05, 3.63) is 68.0 Å². The Morgan fingerprint density at radius 1 is 1.15 bits per heavy atom. The topological polar surface area (TPSA) is 86.0 Å². The quantitative estimate of drug-likeness (QED) is 0.778. The monoisotopic (exact) mass is 352 g/mol. The first-order chi connectivity index (χ1) is 12.4. The third kappa shape index (κ3) is 2.71. The lowest BCUT2D eigenvalue weighted by Gasteiger charge is -2.15. The van der Waals surface area contributed by atoms with Crippen LogP contribution in [0.2, 0.25) is 0 Å². The molecule has 0 spiro atoms. The Morgan fingerprint density at radius 2 is 1.85 bits per heavy atom. The molecule has 0 bridgehead atoms. The summed E-state index contributed by atoms with van der Waals surface area (Å²) in [5.74, 6) is -0.304. The van der Waals surface area contributed by atoms with Crippen molar-refractivity contribution < 1.29 is 4.79 Å². The Bertz CT molecular complexity index is 1140. The summed E-state index contributed by atoms with van der Waals surface area (Å²) < 4.78 is 2.33. The third-order valence-electron chi connectivity index (χ3n) is 4.56. The van der Waals surface area contributed by atoms with E-state index < -0.39 is 11.2 Å². The van der Waals surface area contributed by atoms with E-state index in [0.29, 0.717) is 17.7 Å². The van der Waals surface area contributed by atoms with Crippen molar-refractivity contribution >= 4 is 22.6 Å². The van der Waals surface area contributed by atoms with Gasteiger partial charge in [-0.3, -0.25) is 18.7 Å². The maximum absolute atomic E-state index is 12.8. The lowest BCUT2D eigenvalue weighted by atomic mass is 10.1. The summed E-state index contributed by atoms with van der Waals surface area (Å²) in [4.78, 5) is 41.9. The lowest BCUT2D eigenvalue weighted by molar-refractivity contribution is 0.102. The molecular weight excluding hydrogens is 332 g/mol. The highest BCUT2D eigenvalue weighted by Crippen LogP contribution is 2.24. The van der Waals surface area contributed by atoms with Gasteiger partial charge in [-0.2, -0.15) is 0 Å². The van der Waals surface area contributed by atoms with E-state index >= 15 is 0 Å². The highest BCUT2D eigenvalue weighted by molar-refractivity contribution is 6.09. The molecule has 0 atom stereocenters. The molecule has 1 N–H and O–H groups in total. The number of aromatic nitrogens is 3. The molecule has 0 radical (unpaired) electrons. The number of nitrogens with one attached hydrogen (secondary N) is 1. The average Bonchev–Trinajstić information content (AvgIpc) is 2.64. The fourth-order valence-corrected chi connectivity index (χ4v) is 2.99. The summed E-state index contributed by atoms with van der Waals surface area (Å²) >= 11 is 0. The molecule has 1 amide bonds. The van der Waals surface area contributed by atoms with Gasteiger partial charge in [-0.15, -0.1) is 0 Å². The van der Waals surface area contributed by atoms with E-state index in [4.69, 9.17) is 0 Å². The number of carbonyl (C=O) groups is 1. The Balaban J connectivity index is 2.28. The Hall–Kier alpha value is -3.22. The standard InChI is InChI=1S/C19H20N4O3/c1-5-12-10-20-16-14(18(25)23(4)19(26)22(16)3)15(12)21-17(24)13-9-7-6-8-11(13)2/h6-10H,5H2,1-4H3,(H,20,21,24). The number of amides is 1. The van der Waals surface area contributed by atoms with Gasteiger partial charge in [0.2, 0.25) is 0 Å². The van der Waals surface area contributed by atoms with Crippen molar-refractivity contribution in [2.24, 2.45) is 14.1 Å². The van der Waals surface area contributed by atoms with Crippen LogP contribution in [0.25, 0.3) is 11.0 Å². The summed E-state index contributed by atoms with van der Waals surface area (Å²) in [7, 11) is 2.96. The van der Waals surface area contributed by atoms with Crippen LogP contribution in [0.1, 0.15) is 28.4 Å². The highest BCUT2D eigenvalue weighted by Gasteiger charge is 2.19. The minimum atomic E-state index is -0.481. The molecule has 7 nitrogen and oxygen atoms in total. The van der Waals surface area contributed by atoms with Crippen molar-refractivity contribution in [1.29, 1.82) is 0 Å². The largest absolute Gasteiger partial charge is 0.332 e. The second kappa shape index (κ2) is 6.59. The van der Waals surface area contributed by atoms with Gasteiger partial charge in [-0.25, -0.2) is 9.78 Å². The summed E-state index contributed by atoms with van der Waals surface area (Å²) in [6.07, 6.45) is 2.17. The molecular formula is C19H20N4O3. The molecule has 0 aliphatic heterocycles. The van der Waals surface area contributed by atoms with Crippen LogP contribution in [-0.4, -0.2) is 20.0 Å². The molecule has 2 heterocycles. The van der Waals surface area contributed by atoms with Crippen molar-refractivity contribution in [2.45, 2.75) is 20.3 Å². The first-order valence-corrected chi connectivity index (χ1v) is 8.31. The van der Waals surface area contributed by atoms with Crippen molar-refractivity contribution in [3.63, 3.8) is 0 Å². The molecule has 26 heavy (non-hydrogen) atoms. The van der Waals surface area contributed by atoms with Gasteiger partial charge in [0.25, 0.3) is 11.5 Å². The van der Waals surface area contributed by atoms with Crippen molar-refractivity contribution in [1.82, 2.24) is 14.1 Å². The summed E-state index contributed by atoms with van der Waals surface area (Å²) in [6, 6.07) is 7.23. The first-order valence-electron chi connectivity index (χ1n) is 8.31. The molecule has 3 rings (SSSR count). The maximum atomic E-state index is 12.8. The number of hydrogen-bond donors (Lipinski definition) is 1. The minimum Gasteiger partial charge on any atom is -0.321 e. The van der Waals surface area contributed by atoms with E-state index in [0.717, 1.165) is 15.7 Å². The van der Waals surface area contributed by atoms with Crippen LogP contribution in [0.3, 0.4) is 0 Å². The van der Waals surface area contributed by atoms with Crippen LogP contribution in [0.4, 0.5) is 5.69 Å². The Labute approximate surface area is 149 Å². The number of nitrogens with zero attached hydrogens (tertiary/aromatic N) is 3. The van der Waals surface area contributed by atoms with Crippen LogP contribution >= 0.6 is 0 Å². The second-order valence-electron chi connectivity index (χ2n) is 6.19. The third-order valence-corrected chi connectivity index (χ3v) is 4.56.